The summed E-state index contributed by atoms with van der Waals surface area (Å²) in [6.07, 6.45) is 0. The quantitative estimate of drug-likeness (QED) is 0.534. The number of hydrogen-bond donors (Lipinski definition) is 4. The minimum Gasteiger partial charge on any atom is -0.329 e. The summed E-state index contributed by atoms with van der Waals surface area (Å²) in [6, 6.07) is 6.55. The Hall–Kier alpha value is -1.01. The van der Waals surface area contributed by atoms with Crippen molar-refractivity contribution in [2.75, 3.05) is 26.2 Å². The Morgan fingerprint density at radius 3 is 1.83 bits per heavy atom. The summed E-state index contributed by atoms with van der Waals surface area (Å²) >= 11 is 0. The van der Waals surface area contributed by atoms with E-state index >= 15 is 0 Å². The van der Waals surface area contributed by atoms with Gasteiger partial charge < -0.3 is 22.1 Å². The van der Waals surface area contributed by atoms with E-state index in [-0.39, 0.29) is 12.1 Å². The van der Waals surface area contributed by atoms with Gasteiger partial charge >= 0.3 is 0 Å². The van der Waals surface area contributed by atoms with Gasteiger partial charge in [-0.25, -0.2) is 0 Å². The second-order valence-corrected chi connectivity index (χ2v) is 4.42. The molecule has 0 aliphatic carbocycles. The zero-order valence-electron chi connectivity index (χ0n) is 11.3. The van der Waals surface area contributed by atoms with E-state index in [1.807, 2.05) is 18.2 Å². The van der Waals surface area contributed by atoms with Crippen molar-refractivity contribution in [2.24, 2.45) is 11.5 Å². The summed E-state index contributed by atoms with van der Waals surface area (Å²) in [5.74, 6) is 0. The predicted molar refractivity (Wildman–Crippen MR) is 75.2 cm³/mol. The van der Waals surface area contributed by atoms with Gasteiger partial charge in [0, 0.05) is 38.3 Å². The van der Waals surface area contributed by atoms with E-state index < -0.39 is 0 Å². The van der Waals surface area contributed by atoms with Gasteiger partial charge in [0.15, 0.2) is 0 Å². The lowest BCUT2D eigenvalue weighted by Crippen LogP contribution is -2.28. The molecule has 5 nitrogen and oxygen atoms in total. The molecule has 0 fully saturated rings. The SMILES string of the molecule is CC(NCCN)c1cccc(C(C)NCCN)n1. The van der Waals surface area contributed by atoms with Crippen molar-refractivity contribution in [3.63, 3.8) is 0 Å². The first-order chi connectivity index (χ1) is 8.69. The molecule has 102 valence electrons. The predicted octanol–water partition coefficient (Wildman–Crippen LogP) is 0.300. The van der Waals surface area contributed by atoms with Crippen LogP contribution in [-0.4, -0.2) is 31.2 Å². The van der Waals surface area contributed by atoms with Crippen molar-refractivity contribution in [1.82, 2.24) is 15.6 Å². The standard InChI is InChI=1S/C13H25N5/c1-10(16-8-6-14)12-4-3-5-13(18-12)11(2)17-9-7-15/h3-5,10-11,16-17H,6-9,14-15H2,1-2H3. The first kappa shape index (κ1) is 15.0. The number of nitrogens with zero attached hydrogens (tertiary/aromatic N) is 1. The number of hydrogen-bond acceptors (Lipinski definition) is 5. The van der Waals surface area contributed by atoms with Crippen LogP contribution in [0.4, 0.5) is 0 Å². The Labute approximate surface area is 109 Å². The van der Waals surface area contributed by atoms with Crippen LogP contribution < -0.4 is 22.1 Å². The molecule has 0 bridgehead atoms. The molecule has 0 saturated carbocycles. The molecule has 1 aromatic rings. The molecular weight excluding hydrogens is 226 g/mol. The van der Waals surface area contributed by atoms with E-state index in [2.05, 4.69) is 29.5 Å². The molecule has 0 aromatic carbocycles. The van der Waals surface area contributed by atoms with Gasteiger partial charge in [-0.1, -0.05) is 6.07 Å². The Bertz CT molecular complexity index is 313. The Morgan fingerprint density at radius 2 is 1.44 bits per heavy atom. The number of pyridine rings is 1. The van der Waals surface area contributed by atoms with Crippen LogP contribution in [0.5, 0.6) is 0 Å². The summed E-state index contributed by atoms with van der Waals surface area (Å²) in [4.78, 5) is 4.67. The summed E-state index contributed by atoms with van der Waals surface area (Å²) < 4.78 is 0. The molecule has 1 rings (SSSR count). The van der Waals surface area contributed by atoms with E-state index in [0.717, 1.165) is 24.5 Å². The monoisotopic (exact) mass is 251 g/mol. The van der Waals surface area contributed by atoms with Gasteiger partial charge in [0.1, 0.15) is 0 Å². The molecule has 2 atom stereocenters. The van der Waals surface area contributed by atoms with Crippen molar-refractivity contribution in [2.45, 2.75) is 25.9 Å². The lowest BCUT2D eigenvalue weighted by atomic mass is 10.1. The van der Waals surface area contributed by atoms with Crippen LogP contribution in [0.2, 0.25) is 0 Å². The van der Waals surface area contributed by atoms with Gasteiger partial charge in [0.2, 0.25) is 0 Å². The van der Waals surface area contributed by atoms with Crippen LogP contribution >= 0.6 is 0 Å². The zero-order chi connectivity index (χ0) is 13.4. The highest BCUT2D eigenvalue weighted by molar-refractivity contribution is 5.16. The van der Waals surface area contributed by atoms with Crippen LogP contribution in [0.15, 0.2) is 18.2 Å². The second kappa shape index (κ2) is 8.16. The zero-order valence-corrected chi connectivity index (χ0v) is 11.3. The largest absolute Gasteiger partial charge is 0.329 e. The van der Waals surface area contributed by atoms with Gasteiger partial charge in [-0.2, -0.15) is 0 Å². The van der Waals surface area contributed by atoms with Crippen molar-refractivity contribution in [3.8, 4) is 0 Å². The second-order valence-electron chi connectivity index (χ2n) is 4.42. The van der Waals surface area contributed by atoms with Gasteiger partial charge in [0.25, 0.3) is 0 Å². The molecule has 18 heavy (non-hydrogen) atoms. The van der Waals surface area contributed by atoms with Crippen molar-refractivity contribution in [3.05, 3.63) is 29.6 Å². The van der Waals surface area contributed by atoms with Crippen LogP contribution in [0.3, 0.4) is 0 Å². The molecule has 2 unspecified atom stereocenters. The molecule has 0 aliphatic heterocycles. The van der Waals surface area contributed by atoms with Gasteiger partial charge in [-0.05, 0) is 26.0 Å². The van der Waals surface area contributed by atoms with Gasteiger partial charge in [0.05, 0.1) is 11.4 Å². The number of rotatable bonds is 8. The van der Waals surface area contributed by atoms with E-state index in [9.17, 15) is 0 Å². The highest BCUT2D eigenvalue weighted by Gasteiger charge is 2.10. The molecule has 0 radical (unpaired) electrons. The van der Waals surface area contributed by atoms with E-state index in [0.29, 0.717) is 13.1 Å². The molecule has 5 heteroatoms. The third-order valence-corrected chi connectivity index (χ3v) is 2.87. The molecule has 6 N–H and O–H groups in total. The summed E-state index contributed by atoms with van der Waals surface area (Å²) in [5, 5.41) is 6.66. The fourth-order valence-electron chi connectivity index (χ4n) is 1.76. The van der Waals surface area contributed by atoms with E-state index in [1.165, 1.54) is 0 Å². The summed E-state index contributed by atoms with van der Waals surface area (Å²) in [6.45, 7) is 7.07. The average molecular weight is 251 g/mol. The first-order valence-corrected chi connectivity index (χ1v) is 6.52. The lowest BCUT2D eigenvalue weighted by Gasteiger charge is -2.17. The van der Waals surface area contributed by atoms with Gasteiger partial charge in [-0.3, -0.25) is 4.98 Å². The topological polar surface area (TPSA) is 89.0 Å². The number of nitrogens with two attached hydrogens (primary N) is 2. The lowest BCUT2D eigenvalue weighted by molar-refractivity contribution is 0.544. The van der Waals surface area contributed by atoms with Crippen LogP contribution in [0.25, 0.3) is 0 Å². The summed E-state index contributed by atoms with van der Waals surface area (Å²) in [5.41, 5.74) is 13.1. The van der Waals surface area contributed by atoms with Crippen LogP contribution in [-0.2, 0) is 0 Å². The maximum atomic E-state index is 5.48. The van der Waals surface area contributed by atoms with Crippen molar-refractivity contribution < 1.29 is 0 Å². The molecule has 0 aliphatic rings. The maximum absolute atomic E-state index is 5.48. The smallest absolute Gasteiger partial charge is 0.0574 e. The molecule has 0 spiro atoms. The third-order valence-electron chi connectivity index (χ3n) is 2.87. The van der Waals surface area contributed by atoms with Crippen molar-refractivity contribution >= 4 is 0 Å². The summed E-state index contributed by atoms with van der Waals surface area (Å²) in [7, 11) is 0. The number of aromatic nitrogens is 1. The Morgan fingerprint density at radius 1 is 1.00 bits per heavy atom. The van der Waals surface area contributed by atoms with E-state index in [1.54, 1.807) is 0 Å². The highest BCUT2D eigenvalue weighted by Crippen LogP contribution is 2.14. The molecule has 1 aromatic heterocycles. The highest BCUT2D eigenvalue weighted by atomic mass is 15.0. The van der Waals surface area contributed by atoms with E-state index in [4.69, 9.17) is 11.5 Å². The Balaban J connectivity index is 2.66. The molecular formula is C13H25N5. The minimum atomic E-state index is 0.218. The first-order valence-electron chi connectivity index (χ1n) is 6.52. The minimum absolute atomic E-state index is 0.218. The van der Waals surface area contributed by atoms with Gasteiger partial charge in [-0.15, -0.1) is 0 Å². The molecule has 0 amide bonds. The fraction of sp³-hybridized carbons (Fsp3) is 0.615. The van der Waals surface area contributed by atoms with Crippen LogP contribution in [0.1, 0.15) is 37.3 Å². The average Bonchev–Trinajstić information content (AvgIpc) is 2.42. The molecule has 0 saturated heterocycles. The maximum Gasteiger partial charge on any atom is 0.0574 e. The normalized spacial score (nSPS) is 14.4. The number of nitrogens with one attached hydrogen (secondary N) is 2. The Kier molecular flexibility index (Phi) is 6.82. The van der Waals surface area contributed by atoms with Crippen LogP contribution in [0, 0.1) is 0 Å². The third kappa shape index (κ3) is 4.70. The molecule has 1 heterocycles. The van der Waals surface area contributed by atoms with Crippen molar-refractivity contribution in [1.29, 1.82) is 0 Å². The fourth-order valence-corrected chi connectivity index (χ4v) is 1.76.